The summed E-state index contributed by atoms with van der Waals surface area (Å²) < 4.78 is 13.0. The highest BCUT2D eigenvalue weighted by molar-refractivity contribution is 7.99. The molecule has 8 atom stereocenters. The van der Waals surface area contributed by atoms with Crippen molar-refractivity contribution in [3.63, 3.8) is 0 Å². The summed E-state index contributed by atoms with van der Waals surface area (Å²) >= 11 is 1.93. The van der Waals surface area contributed by atoms with Crippen molar-refractivity contribution in [3.05, 3.63) is 0 Å². The van der Waals surface area contributed by atoms with Crippen molar-refractivity contribution in [2.24, 2.45) is 23.7 Å². The van der Waals surface area contributed by atoms with Crippen molar-refractivity contribution in [2.45, 2.75) is 95.3 Å². The normalized spacial score (nSPS) is 48.9. The predicted molar refractivity (Wildman–Crippen MR) is 105 cm³/mol. The van der Waals surface area contributed by atoms with Gasteiger partial charge in [-0.2, -0.15) is 0 Å². The van der Waals surface area contributed by atoms with Crippen molar-refractivity contribution in [1.29, 1.82) is 0 Å². The zero-order chi connectivity index (χ0) is 19.1. The molecule has 2 bridgehead atoms. The summed E-state index contributed by atoms with van der Waals surface area (Å²) in [4.78, 5) is 12.1. The molecule has 0 aromatic carbocycles. The fourth-order valence-electron chi connectivity index (χ4n) is 5.83. The lowest BCUT2D eigenvalue weighted by Crippen LogP contribution is -2.70. The summed E-state index contributed by atoms with van der Waals surface area (Å²) in [7, 11) is 0. The van der Waals surface area contributed by atoms with Crippen molar-refractivity contribution < 1.29 is 24.4 Å². The van der Waals surface area contributed by atoms with E-state index in [0.29, 0.717) is 30.3 Å². The van der Waals surface area contributed by atoms with Gasteiger partial charge < -0.3 is 14.6 Å². The molecule has 1 saturated carbocycles. The Bertz CT molecular complexity index is 519. The first kappa shape index (κ1) is 20.4. The second kappa shape index (κ2) is 8.11. The van der Waals surface area contributed by atoms with Crippen LogP contribution in [0.3, 0.4) is 0 Å². The van der Waals surface area contributed by atoms with Gasteiger partial charge in [0.05, 0.1) is 0 Å². The lowest BCUT2D eigenvalue weighted by Gasteiger charge is -2.60. The molecular weight excluding hydrogens is 364 g/mol. The molecule has 0 radical (unpaired) electrons. The highest BCUT2D eigenvalue weighted by Crippen LogP contribution is 2.61. The zero-order valence-corrected chi connectivity index (χ0v) is 17.8. The van der Waals surface area contributed by atoms with Crippen molar-refractivity contribution in [1.82, 2.24) is 0 Å². The van der Waals surface area contributed by atoms with Gasteiger partial charge in [-0.25, -0.2) is 9.78 Å². The van der Waals surface area contributed by atoms with Gasteiger partial charge in [-0.05, 0) is 62.5 Å². The minimum absolute atomic E-state index is 0.157. The predicted octanol–water partition coefficient (Wildman–Crippen LogP) is 4.48. The smallest absolute Gasteiger partial charge is 0.201 e. The number of unbranched alkanes of at least 4 members (excludes halogenated alkanes) is 3. The SMILES string of the molecule is C[C@H]1[C@H](SCCCCCCO)O[C@@H]2O[C@]3(C)CC[C@H]4[C@H](C)CC[C@@H]1[C@@]24OO3. The second-order valence-electron chi connectivity index (χ2n) is 9.28. The molecule has 5 aliphatic rings. The molecule has 0 amide bonds. The van der Waals surface area contributed by atoms with E-state index < -0.39 is 11.4 Å². The molecule has 6 heteroatoms. The molecule has 5 rings (SSSR count). The van der Waals surface area contributed by atoms with Crippen LogP contribution in [0, 0.1) is 23.7 Å². The zero-order valence-electron chi connectivity index (χ0n) is 17.0. The van der Waals surface area contributed by atoms with E-state index in [9.17, 15) is 0 Å². The third-order valence-corrected chi connectivity index (χ3v) is 8.83. The van der Waals surface area contributed by atoms with Gasteiger partial charge in [0.1, 0.15) is 5.44 Å². The first-order chi connectivity index (χ1) is 13.0. The standard InChI is InChI=1S/C21H36O5S/c1-14-8-9-17-15(2)18(27-13-7-5-4-6-12-22)23-19-21(17)16(14)10-11-20(3,24-19)25-26-21/h14-19,22H,4-13H2,1-3H3/t14-,15-,16+,17+,18+,19-,20+,21-/m1/s1. The van der Waals surface area contributed by atoms with Crippen LogP contribution in [0.2, 0.25) is 0 Å². The lowest BCUT2D eigenvalue weighted by atomic mass is 9.58. The molecule has 5 nitrogen and oxygen atoms in total. The molecule has 1 N–H and O–H groups in total. The minimum Gasteiger partial charge on any atom is -0.396 e. The Kier molecular flexibility index (Phi) is 6.14. The first-order valence-electron chi connectivity index (χ1n) is 10.9. The van der Waals surface area contributed by atoms with Crippen LogP contribution < -0.4 is 0 Å². The molecule has 5 fully saturated rings. The molecule has 4 aliphatic heterocycles. The molecule has 4 saturated heterocycles. The Balaban J connectivity index is 1.47. The number of fused-ring (bicyclic) bond motifs is 2. The number of ether oxygens (including phenoxy) is 2. The maximum atomic E-state index is 8.91. The quantitative estimate of drug-likeness (QED) is 0.502. The number of rotatable bonds is 7. The summed E-state index contributed by atoms with van der Waals surface area (Å²) in [5, 5.41) is 8.91. The minimum atomic E-state index is -0.683. The van der Waals surface area contributed by atoms with Crippen LogP contribution in [0.15, 0.2) is 0 Å². The van der Waals surface area contributed by atoms with Gasteiger partial charge in [0.2, 0.25) is 5.79 Å². The monoisotopic (exact) mass is 400 g/mol. The fraction of sp³-hybridized carbons (Fsp3) is 1.00. The summed E-state index contributed by atoms with van der Waals surface area (Å²) in [6, 6.07) is 0. The van der Waals surface area contributed by atoms with Gasteiger partial charge in [-0.3, -0.25) is 0 Å². The van der Waals surface area contributed by atoms with Gasteiger partial charge in [0, 0.05) is 18.9 Å². The van der Waals surface area contributed by atoms with E-state index in [4.69, 9.17) is 24.4 Å². The maximum Gasteiger partial charge on any atom is 0.201 e. The highest BCUT2D eigenvalue weighted by Gasteiger charge is 2.69. The molecule has 0 unspecified atom stereocenters. The van der Waals surface area contributed by atoms with E-state index in [1.165, 1.54) is 19.3 Å². The summed E-state index contributed by atoms with van der Waals surface area (Å²) in [6.07, 6.45) is 8.43. The Morgan fingerprint density at radius 3 is 2.63 bits per heavy atom. The number of hydrogen-bond donors (Lipinski definition) is 1. The third kappa shape index (κ3) is 3.59. The van der Waals surface area contributed by atoms with Crippen LogP contribution in [0.1, 0.15) is 72.1 Å². The van der Waals surface area contributed by atoms with Crippen LogP contribution in [-0.4, -0.2) is 40.6 Å². The largest absolute Gasteiger partial charge is 0.396 e. The third-order valence-electron chi connectivity index (χ3n) is 7.43. The molecule has 0 aromatic rings. The van der Waals surface area contributed by atoms with Gasteiger partial charge in [-0.1, -0.05) is 26.7 Å². The van der Waals surface area contributed by atoms with Crippen molar-refractivity contribution in [3.8, 4) is 0 Å². The van der Waals surface area contributed by atoms with E-state index in [0.717, 1.165) is 37.9 Å². The average Bonchev–Trinajstić information content (AvgIpc) is 2.88. The molecule has 27 heavy (non-hydrogen) atoms. The van der Waals surface area contributed by atoms with E-state index >= 15 is 0 Å². The Hall–Kier alpha value is 0.150. The van der Waals surface area contributed by atoms with Crippen LogP contribution in [-0.2, 0) is 19.2 Å². The summed E-state index contributed by atoms with van der Waals surface area (Å²) in [5.41, 5.74) is -0.283. The van der Waals surface area contributed by atoms with Gasteiger partial charge >= 0.3 is 0 Å². The van der Waals surface area contributed by atoms with E-state index in [1.54, 1.807) is 0 Å². The van der Waals surface area contributed by atoms with Crippen molar-refractivity contribution >= 4 is 11.8 Å². The second-order valence-corrected chi connectivity index (χ2v) is 10.5. The van der Waals surface area contributed by atoms with Crippen LogP contribution in [0.25, 0.3) is 0 Å². The Labute approximate surface area is 167 Å². The molecule has 0 aromatic heterocycles. The topological polar surface area (TPSA) is 57.2 Å². The molecule has 156 valence electrons. The number of aliphatic hydroxyl groups excluding tert-OH is 1. The van der Waals surface area contributed by atoms with Gasteiger partial charge in [0.25, 0.3) is 0 Å². The van der Waals surface area contributed by atoms with E-state index in [1.807, 2.05) is 18.7 Å². The van der Waals surface area contributed by atoms with Crippen LogP contribution in [0.5, 0.6) is 0 Å². The summed E-state index contributed by atoms with van der Waals surface area (Å²) in [5.74, 6) is 2.32. The number of thioether (sulfide) groups is 1. The molecular formula is C21H36O5S. The Morgan fingerprint density at radius 2 is 1.81 bits per heavy atom. The van der Waals surface area contributed by atoms with Crippen molar-refractivity contribution in [2.75, 3.05) is 12.4 Å². The molecule has 1 aliphatic carbocycles. The lowest BCUT2D eigenvalue weighted by molar-refractivity contribution is -0.568. The average molecular weight is 401 g/mol. The number of aliphatic hydroxyl groups is 1. The fourth-order valence-corrected chi connectivity index (χ4v) is 7.11. The van der Waals surface area contributed by atoms with Crippen LogP contribution in [0.4, 0.5) is 0 Å². The van der Waals surface area contributed by atoms with E-state index in [-0.39, 0.29) is 11.7 Å². The van der Waals surface area contributed by atoms with Gasteiger partial charge in [-0.15, -0.1) is 11.8 Å². The number of hydrogen-bond acceptors (Lipinski definition) is 6. The molecule has 1 spiro atoms. The van der Waals surface area contributed by atoms with Gasteiger partial charge in [0.15, 0.2) is 11.9 Å². The highest BCUT2D eigenvalue weighted by atomic mass is 32.2. The van der Waals surface area contributed by atoms with E-state index in [2.05, 4.69) is 13.8 Å². The molecule has 4 heterocycles. The van der Waals surface area contributed by atoms with Crippen LogP contribution >= 0.6 is 11.8 Å². The summed E-state index contributed by atoms with van der Waals surface area (Å²) in [6.45, 7) is 6.98. The maximum absolute atomic E-state index is 8.91. The Morgan fingerprint density at radius 1 is 1.00 bits per heavy atom. The first-order valence-corrected chi connectivity index (χ1v) is 12.0.